The van der Waals surface area contributed by atoms with Gasteiger partial charge in [-0.25, -0.2) is 4.79 Å². The van der Waals surface area contributed by atoms with Crippen molar-refractivity contribution in [1.82, 2.24) is 0 Å². The molecule has 0 bridgehead atoms. The molecule has 3 nitrogen and oxygen atoms in total. The van der Waals surface area contributed by atoms with Gasteiger partial charge in [0, 0.05) is 10.8 Å². The molecule has 0 saturated heterocycles. The van der Waals surface area contributed by atoms with Gasteiger partial charge in [0.05, 0.1) is 0 Å². The molecular weight excluding hydrogens is 228 g/mol. The Morgan fingerprint density at radius 3 is 1.56 bits per heavy atom. The Bertz CT molecular complexity index is 262. The zero-order chi connectivity index (χ0) is 13.1. The maximum atomic E-state index is 11.6. The van der Waals surface area contributed by atoms with Gasteiger partial charge in [-0.3, -0.25) is 0 Å². The van der Waals surface area contributed by atoms with Crippen molar-refractivity contribution in [2.75, 3.05) is 13.2 Å². The SMILES string of the molecule is CCCC1(COC(=O)OCC2(CCC)CC2)CC1. The first-order valence-corrected chi connectivity index (χ1v) is 7.43. The number of ether oxygens (including phenoxy) is 2. The third-order valence-corrected chi connectivity index (χ3v) is 4.47. The molecule has 2 saturated carbocycles. The fraction of sp³-hybridized carbons (Fsp3) is 0.933. The third-order valence-electron chi connectivity index (χ3n) is 4.47. The van der Waals surface area contributed by atoms with Crippen molar-refractivity contribution in [2.45, 2.75) is 65.2 Å². The predicted octanol–water partition coefficient (Wildman–Crippen LogP) is 4.30. The van der Waals surface area contributed by atoms with Gasteiger partial charge < -0.3 is 9.47 Å². The zero-order valence-electron chi connectivity index (χ0n) is 11.8. The van der Waals surface area contributed by atoms with Crippen LogP contribution in [0.4, 0.5) is 4.79 Å². The van der Waals surface area contributed by atoms with Gasteiger partial charge in [0.1, 0.15) is 13.2 Å². The minimum atomic E-state index is -0.459. The summed E-state index contributed by atoms with van der Waals surface area (Å²) < 4.78 is 10.5. The normalized spacial score (nSPS) is 22.3. The lowest BCUT2D eigenvalue weighted by molar-refractivity contribution is 0.0261. The molecule has 2 aliphatic carbocycles. The monoisotopic (exact) mass is 254 g/mol. The summed E-state index contributed by atoms with van der Waals surface area (Å²) in [5.41, 5.74) is 0.600. The molecule has 0 N–H and O–H groups in total. The molecular formula is C15H26O3. The highest BCUT2D eigenvalue weighted by atomic mass is 16.7. The van der Waals surface area contributed by atoms with E-state index in [1.807, 2.05) is 0 Å². The van der Waals surface area contributed by atoms with E-state index in [-0.39, 0.29) is 0 Å². The summed E-state index contributed by atoms with van der Waals surface area (Å²) in [5.74, 6) is 0. The topological polar surface area (TPSA) is 35.5 Å². The molecule has 18 heavy (non-hydrogen) atoms. The van der Waals surface area contributed by atoms with Gasteiger partial charge in [-0.15, -0.1) is 0 Å². The quantitative estimate of drug-likeness (QED) is 0.606. The van der Waals surface area contributed by atoms with Crippen molar-refractivity contribution in [3.8, 4) is 0 Å². The second kappa shape index (κ2) is 5.50. The summed E-state index contributed by atoms with van der Waals surface area (Å²) in [7, 11) is 0. The van der Waals surface area contributed by atoms with Gasteiger partial charge >= 0.3 is 6.16 Å². The van der Waals surface area contributed by atoms with E-state index in [9.17, 15) is 4.79 Å². The smallest absolute Gasteiger partial charge is 0.434 e. The first-order valence-electron chi connectivity index (χ1n) is 7.43. The highest BCUT2D eigenvalue weighted by Crippen LogP contribution is 2.50. The van der Waals surface area contributed by atoms with E-state index < -0.39 is 6.16 Å². The lowest BCUT2D eigenvalue weighted by Crippen LogP contribution is -2.19. The van der Waals surface area contributed by atoms with Crippen LogP contribution >= 0.6 is 0 Å². The van der Waals surface area contributed by atoms with E-state index in [0.717, 1.165) is 12.8 Å². The number of carbonyl (C=O) groups is 1. The van der Waals surface area contributed by atoms with Crippen LogP contribution in [-0.2, 0) is 9.47 Å². The highest BCUT2D eigenvalue weighted by Gasteiger charge is 2.44. The van der Waals surface area contributed by atoms with Gasteiger partial charge in [0.2, 0.25) is 0 Å². The molecule has 3 heteroatoms. The van der Waals surface area contributed by atoms with E-state index in [4.69, 9.17) is 9.47 Å². The zero-order valence-corrected chi connectivity index (χ0v) is 11.8. The Morgan fingerprint density at radius 1 is 0.889 bits per heavy atom. The summed E-state index contributed by atoms with van der Waals surface area (Å²) in [6, 6.07) is 0. The van der Waals surface area contributed by atoms with Crippen LogP contribution in [0.3, 0.4) is 0 Å². The molecule has 2 fully saturated rings. The van der Waals surface area contributed by atoms with Crippen molar-refractivity contribution < 1.29 is 14.3 Å². The fourth-order valence-electron chi connectivity index (χ4n) is 2.81. The van der Waals surface area contributed by atoms with Crippen molar-refractivity contribution in [1.29, 1.82) is 0 Å². The lowest BCUT2D eigenvalue weighted by Gasteiger charge is -2.16. The van der Waals surface area contributed by atoms with Crippen molar-refractivity contribution >= 4 is 6.16 Å². The molecule has 2 aliphatic rings. The van der Waals surface area contributed by atoms with Gasteiger partial charge in [0.25, 0.3) is 0 Å². The largest absolute Gasteiger partial charge is 0.508 e. The number of hydrogen-bond donors (Lipinski definition) is 0. The van der Waals surface area contributed by atoms with Crippen molar-refractivity contribution in [3.05, 3.63) is 0 Å². The second-order valence-corrected chi connectivity index (χ2v) is 6.33. The molecule has 0 radical (unpaired) electrons. The Morgan fingerprint density at radius 2 is 1.28 bits per heavy atom. The molecule has 0 atom stereocenters. The van der Waals surface area contributed by atoms with E-state index in [2.05, 4.69) is 13.8 Å². The predicted molar refractivity (Wildman–Crippen MR) is 70.5 cm³/mol. The van der Waals surface area contributed by atoms with E-state index in [1.165, 1.54) is 38.5 Å². The van der Waals surface area contributed by atoms with Crippen LogP contribution < -0.4 is 0 Å². The number of carbonyl (C=O) groups excluding carboxylic acids is 1. The first-order chi connectivity index (χ1) is 8.64. The molecule has 0 aromatic heterocycles. The molecule has 0 aromatic carbocycles. The fourth-order valence-corrected chi connectivity index (χ4v) is 2.81. The van der Waals surface area contributed by atoms with Crippen LogP contribution in [0.1, 0.15) is 65.2 Å². The summed E-state index contributed by atoms with van der Waals surface area (Å²) >= 11 is 0. The minimum Gasteiger partial charge on any atom is -0.434 e. The van der Waals surface area contributed by atoms with Crippen LogP contribution in [0.25, 0.3) is 0 Å². The van der Waals surface area contributed by atoms with Gasteiger partial charge in [0.15, 0.2) is 0 Å². The Labute approximate surface area is 110 Å². The van der Waals surface area contributed by atoms with E-state index in [1.54, 1.807) is 0 Å². The molecule has 0 unspecified atom stereocenters. The maximum absolute atomic E-state index is 11.6. The molecule has 0 heterocycles. The molecule has 0 spiro atoms. The molecule has 0 aliphatic heterocycles. The van der Waals surface area contributed by atoms with Gasteiger partial charge in [-0.05, 0) is 38.5 Å². The van der Waals surface area contributed by atoms with Crippen molar-refractivity contribution in [3.63, 3.8) is 0 Å². The maximum Gasteiger partial charge on any atom is 0.508 e. The molecule has 104 valence electrons. The molecule has 0 aromatic rings. The summed E-state index contributed by atoms with van der Waals surface area (Å²) in [6.45, 7) is 5.47. The van der Waals surface area contributed by atoms with Crippen LogP contribution in [0.15, 0.2) is 0 Å². The van der Waals surface area contributed by atoms with Crippen LogP contribution in [0.5, 0.6) is 0 Å². The van der Waals surface area contributed by atoms with E-state index >= 15 is 0 Å². The Balaban J connectivity index is 1.61. The summed E-state index contributed by atoms with van der Waals surface area (Å²) in [4.78, 5) is 11.6. The van der Waals surface area contributed by atoms with Crippen LogP contribution in [0.2, 0.25) is 0 Å². The Hall–Kier alpha value is -0.730. The summed E-state index contributed by atoms with van der Waals surface area (Å²) in [6.07, 6.45) is 9.01. The Kier molecular flexibility index (Phi) is 4.18. The standard InChI is InChI=1S/C15H26O3/c1-3-5-14(7-8-14)11-17-13(16)18-12-15(6-4-2)9-10-15/h3-12H2,1-2H3. The average molecular weight is 254 g/mol. The summed E-state index contributed by atoms with van der Waals surface area (Å²) in [5, 5.41) is 0. The van der Waals surface area contributed by atoms with Gasteiger partial charge in [-0.2, -0.15) is 0 Å². The van der Waals surface area contributed by atoms with Crippen LogP contribution in [0, 0.1) is 10.8 Å². The number of hydrogen-bond acceptors (Lipinski definition) is 3. The molecule has 2 rings (SSSR count). The van der Waals surface area contributed by atoms with Crippen LogP contribution in [-0.4, -0.2) is 19.4 Å². The third kappa shape index (κ3) is 3.63. The van der Waals surface area contributed by atoms with E-state index in [0.29, 0.717) is 24.0 Å². The highest BCUT2D eigenvalue weighted by molar-refractivity contribution is 5.60. The average Bonchev–Trinajstić information content (AvgIpc) is 3.24. The number of rotatable bonds is 8. The molecule has 0 amide bonds. The second-order valence-electron chi connectivity index (χ2n) is 6.33. The van der Waals surface area contributed by atoms with Crippen molar-refractivity contribution in [2.24, 2.45) is 10.8 Å². The minimum absolute atomic E-state index is 0.300. The van der Waals surface area contributed by atoms with Gasteiger partial charge in [-0.1, -0.05) is 26.7 Å². The first kappa shape index (κ1) is 13.7. The lowest BCUT2D eigenvalue weighted by atomic mass is 10.0.